The molecule has 17 heavy (non-hydrogen) atoms. The Bertz CT molecular complexity index is 371. The maximum atomic E-state index is 13.6. The molecule has 5 heteroatoms. The fourth-order valence-electron chi connectivity index (χ4n) is 1.55. The summed E-state index contributed by atoms with van der Waals surface area (Å²) >= 11 is 0. The monoisotopic (exact) mass is 247 g/mol. The van der Waals surface area contributed by atoms with Crippen LogP contribution in [0.1, 0.15) is 25.5 Å². The molecule has 0 amide bonds. The molecule has 1 atom stereocenters. The zero-order valence-electron chi connectivity index (χ0n) is 9.90. The Morgan fingerprint density at radius 1 is 1.18 bits per heavy atom. The fourth-order valence-corrected chi connectivity index (χ4v) is 1.55. The maximum absolute atomic E-state index is 13.6. The molecule has 1 aromatic carbocycles. The number of hydrogen-bond acceptors (Lipinski definition) is 2. The zero-order chi connectivity index (χ0) is 12.8. The zero-order valence-corrected chi connectivity index (χ0v) is 9.90. The van der Waals surface area contributed by atoms with Gasteiger partial charge in [0.1, 0.15) is 0 Å². The SMILES string of the molecule is CCNC(COCC)c1ccc(F)c(F)c1F. The van der Waals surface area contributed by atoms with Gasteiger partial charge in [0.15, 0.2) is 17.5 Å². The van der Waals surface area contributed by atoms with Crippen LogP contribution in [0.25, 0.3) is 0 Å². The van der Waals surface area contributed by atoms with Crippen LogP contribution in [0.3, 0.4) is 0 Å². The normalized spacial score (nSPS) is 12.8. The van der Waals surface area contributed by atoms with Gasteiger partial charge in [-0.1, -0.05) is 13.0 Å². The molecule has 0 aliphatic carbocycles. The highest BCUT2D eigenvalue weighted by atomic mass is 19.2. The van der Waals surface area contributed by atoms with Crippen molar-refractivity contribution < 1.29 is 17.9 Å². The Balaban J connectivity index is 2.97. The molecule has 0 saturated carbocycles. The predicted octanol–water partition coefficient (Wildman–Crippen LogP) is 2.79. The second-order valence-corrected chi connectivity index (χ2v) is 3.53. The molecule has 0 saturated heterocycles. The van der Waals surface area contributed by atoms with Crippen LogP contribution >= 0.6 is 0 Å². The molecule has 0 aliphatic heterocycles. The minimum Gasteiger partial charge on any atom is -0.380 e. The van der Waals surface area contributed by atoms with E-state index in [1.165, 1.54) is 6.07 Å². The molecular weight excluding hydrogens is 231 g/mol. The summed E-state index contributed by atoms with van der Waals surface area (Å²) in [7, 11) is 0. The molecule has 1 unspecified atom stereocenters. The van der Waals surface area contributed by atoms with Gasteiger partial charge >= 0.3 is 0 Å². The lowest BCUT2D eigenvalue weighted by molar-refractivity contribution is 0.122. The average molecular weight is 247 g/mol. The second-order valence-electron chi connectivity index (χ2n) is 3.53. The molecule has 0 aliphatic rings. The first-order valence-electron chi connectivity index (χ1n) is 5.56. The van der Waals surface area contributed by atoms with E-state index in [0.29, 0.717) is 13.2 Å². The van der Waals surface area contributed by atoms with Crippen molar-refractivity contribution in [1.82, 2.24) is 5.32 Å². The van der Waals surface area contributed by atoms with Crippen LogP contribution in [0.5, 0.6) is 0 Å². The summed E-state index contributed by atoms with van der Waals surface area (Å²) in [6, 6.07) is 1.68. The molecule has 2 nitrogen and oxygen atoms in total. The van der Waals surface area contributed by atoms with Gasteiger partial charge in [-0.15, -0.1) is 0 Å². The van der Waals surface area contributed by atoms with Crippen LogP contribution in [0, 0.1) is 17.5 Å². The summed E-state index contributed by atoms with van der Waals surface area (Å²) in [6.45, 7) is 4.93. The van der Waals surface area contributed by atoms with E-state index in [1.54, 1.807) is 0 Å². The van der Waals surface area contributed by atoms with E-state index in [1.807, 2.05) is 13.8 Å². The highest BCUT2D eigenvalue weighted by Gasteiger charge is 2.20. The van der Waals surface area contributed by atoms with Crippen molar-refractivity contribution in [3.8, 4) is 0 Å². The number of rotatable bonds is 6. The minimum atomic E-state index is -1.44. The maximum Gasteiger partial charge on any atom is 0.194 e. The molecule has 1 rings (SSSR count). The Kier molecular flexibility index (Phi) is 5.44. The van der Waals surface area contributed by atoms with E-state index in [4.69, 9.17) is 4.74 Å². The smallest absolute Gasteiger partial charge is 0.194 e. The Hall–Kier alpha value is -1.07. The van der Waals surface area contributed by atoms with Crippen LogP contribution in [0.2, 0.25) is 0 Å². The van der Waals surface area contributed by atoms with E-state index in [9.17, 15) is 13.2 Å². The van der Waals surface area contributed by atoms with Crippen molar-refractivity contribution in [3.05, 3.63) is 35.1 Å². The molecule has 0 fully saturated rings. The number of ether oxygens (including phenoxy) is 1. The first-order valence-corrected chi connectivity index (χ1v) is 5.56. The molecule has 0 heterocycles. The second kappa shape index (κ2) is 6.61. The van der Waals surface area contributed by atoms with E-state index in [-0.39, 0.29) is 12.2 Å². The van der Waals surface area contributed by atoms with E-state index in [0.717, 1.165) is 6.07 Å². The summed E-state index contributed by atoms with van der Waals surface area (Å²) in [6.07, 6.45) is 0. The van der Waals surface area contributed by atoms with Gasteiger partial charge in [0, 0.05) is 12.2 Å². The summed E-state index contributed by atoms with van der Waals surface area (Å²) in [4.78, 5) is 0. The predicted molar refractivity (Wildman–Crippen MR) is 59.2 cm³/mol. The highest BCUT2D eigenvalue weighted by Crippen LogP contribution is 2.21. The van der Waals surface area contributed by atoms with Crippen molar-refractivity contribution in [1.29, 1.82) is 0 Å². The topological polar surface area (TPSA) is 21.3 Å². The van der Waals surface area contributed by atoms with Gasteiger partial charge in [0.25, 0.3) is 0 Å². The molecule has 0 aromatic heterocycles. The summed E-state index contributed by atoms with van der Waals surface area (Å²) in [5, 5.41) is 2.97. The van der Waals surface area contributed by atoms with Crippen LogP contribution in [0.4, 0.5) is 13.2 Å². The van der Waals surface area contributed by atoms with Crippen molar-refractivity contribution in [3.63, 3.8) is 0 Å². The quantitative estimate of drug-likeness (QED) is 0.780. The molecule has 96 valence electrons. The lowest BCUT2D eigenvalue weighted by atomic mass is 10.1. The van der Waals surface area contributed by atoms with Crippen LogP contribution in [-0.4, -0.2) is 19.8 Å². The molecular formula is C12H16F3NO. The van der Waals surface area contributed by atoms with Crippen molar-refractivity contribution in [2.24, 2.45) is 0 Å². The van der Waals surface area contributed by atoms with Crippen LogP contribution in [-0.2, 0) is 4.74 Å². The molecule has 1 N–H and O–H groups in total. The minimum absolute atomic E-state index is 0.0826. The lowest BCUT2D eigenvalue weighted by Crippen LogP contribution is -2.26. The molecule has 0 bridgehead atoms. The fraction of sp³-hybridized carbons (Fsp3) is 0.500. The summed E-state index contributed by atoms with van der Waals surface area (Å²) < 4.78 is 44.6. The van der Waals surface area contributed by atoms with Crippen molar-refractivity contribution >= 4 is 0 Å². The highest BCUT2D eigenvalue weighted by molar-refractivity contribution is 5.23. The number of hydrogen-bond donors (Lipinski definition) is 1. The first-order chi connectivity index (χ1) is 8.11. The van der Waals surface area contributed by atoms with Gasteiger partial charge < -0.3 is 10.1 Å². The van der Waals surface area contributed by atoms with Crippen molar-refractivity contribution in [2.45, 2.75) is 19.9 Å². The number of nitrogens with one attached hydrogen (secondary N) is 1. The van der Waals surface area contributed by atoms with Gasteiger partial charge in [-0.3, -0.25) is 0 Å². The largest absolute Gasteiger partial charge is 0.380 e. The van der Waals surface area contributed by atoms with Crippen molar-refractivity contribution in [2.75, 3.05) is 19.8 Å². The third-order valence-corrected chi connectivity index (χ3v) is 2.38. The van der Waals surface area contributed by atoms with Crippen LogP contribution in [0.15, 0.2) is 12.1 Å². The molecule has 1 aromatic rings. The van der Waals surface area contributed by atoms with Gasteiger partial charge in [-0.05, 0) is 19.5 Å². The first kappa shape index (κ1) is 14.0. The van der Waals surface area contributed by atoms with Gasteiger partial charge in [-0.2, -0.15) is 0 Å². The average Bonchev–Trinajstić information content (AvgIpc) is 2.32. The van der Waals surface area contributed by atoms with Crippen LogP contribution < -0.4 is 5.32 Å². The van der Waals surface area contributed by atoms with Gasteiger partial charge in [0.05, 0.1) is 12.6 Å². The van der Waals surface area contributed by atoms with E-state index in [2.05, 4.69) is 5.32 Å². The Labute approximate surface area is 98.8 Å². The molecule has 0 radical (unpaired) electrons. The number of benzene rings is 1. The summed E-state index contributed by atoms with van der Waals surface area (Å²) in [5.41, 5.74) is 0.0826. The lowest BCUT2D eigenvalue weighted by Gasteiger charge is -2.19. The third-order valence-electron chi connectivity index (χ3n) is 2.38. The third kappa shape index (κ3) is 3.44. The molecule has 0 spiro atoms. The Morgan fingerprint density at radius 2 is 1.88 bits per heavy atom. The number of likely N-dealkylation sites (N-methyl/N-ethyl adjacent to an activating group) is 1. The van der Waals surface area contributed by atoms with Gasteiger partial charge in [0.2, 0.25) is 0 Å². The van der Waals surface area contributed by atoms with E-state index >= 15 is 0 Å². The van der Waals surface area contributed by atoms with E-state index < -0.39 is 23.5 Å². The Morgan fingerprint density at radius 3 is 2.47 bits per heavy atom. The summed E-state index contributed by atoms with van der Waals surface area (Å²) in [5.74, 6) is -3.78. The number of halogens is 3. The van der Waals surface area contributed by atoms with Gasteiger partial charge in [-0.25, -0.2) is 13.2 Å². The standard InChI is InChI=1S/C12H16F3NO/c1-3-16-10(7-17-4-2)8-5-6-9(13)12(15)11(8)14/h5-6,10,16H,3-4,7H2,1-2H3.